The Morgan fingerprint density at radius 2 is 2.15 bits per heavy atom. The third-order valence-corrected chi connectivity index (χ3v) is 1.88. The molecule has 1 rings (SSSR count). The predicted octanol–water partition coefficient (Wildman–Crippen LogP) is 3.26. The average Bonchev–Trinajstić information content (AvgIpc) is 2.05. The van der Waals surface area contributed by atoms with Gasteiger partial charge in [-0.3, -0.25) is 0 Å². The second kappa shape index (κ2) is 7.19. The third kappa shape index (κ3) is 5.14. The molecule has 13 heavy (non-hydrogen) atoms. The van der Waals surface area contributed by atoms with Crippen molar-refractivity contribution < 1.29 is 0 Å². The summed E-state index contributed by atoms with van der Waals surface area (Å²) in [5, 5.41) is 4.13. The Kier molecular flexibility index (Phi) is 7.06. The van der Waals surface area contributed by atoms with E-state index in [1.807, 2.05) is 18.2 Å². The van der Waals surface area contributed by atoms with Gasteiger partial charge in [-0.2, -0.15) is 0 Å². The van der Waals surface area contributed by atoms with Gasteiger partial charge < -0.3 is 5.32 Å². The van der Waals surface area contributed by atoms with Crippen LogP contribution in [0.2, 0.25) is 5.02 Å². The molecule has 0 heterocycles. The number of benzene rings is 1. The maximum absolute atomic E-state index is 5.83. The van der Waals surface area contributed by atoms with Crippen LogP contribution in [-0.4, -0.2) is 6.54 Å². The Bertz CT molecular complexity index is 238. The zero-order valence-electron chi connectivity index (χ0n) is 7.72. The van der Waals surface area contributed by atoms with Gasteiger partial charge in [-0.25, -0.2) is 0 Å². The quantitative estimate of drug-likeness (QED) is 0.768. The average molecular weight is 220 g/mol. The van der Waals surface area contributed by atoms with Crippen molar-refractivity contribution in [2.24, 2.45) is 0 Å². The first-order valence-corrected chi connectivity index (χ1v) is 4.66. The Hall–Kier alpha value is -0.240. The highest BCUT2D eigenvalue weighted by Crippen LogP contribution is 2.09. The summed E-state index contributed by atoms with van der Waals surface area (Å²) in [4.78, 5) is 0. The van der Waals surface area contributed by atoms with Crippen molar-refractivity contribution in [3.05, 3.63) is 34.9 Å². The molecule has 0 saturated heterocycles. The van der Waals surface area contributed by atoms with Crippen molar-refractivity contribution in [3.63, 3.8) is 0 Å². The van der Waals surface area contributed by atoms with Crippen molar-refractivity contribution in [2.75, 3.05) is 6.54 Å². The lowest BCUT2D eigenvalue weighted by molar-refractivity contribution is 0.675. The second-order valence-corrected chi connectivity index (χ2v) is 3.24. The molecule has 0 aliphatic rings. The van der Waals surface area contributed by atoms with Crippen LogP contribution in [0.5, 0.6) is 0 Å². The van der Waals surface area contributed by atoms with Gasteiger partial charge in [0.05, 0.1) is 0 Å². The van der Waals surface area contributed by atoms with Crippen LogP contribution in [-0.2, 0) is 6.54 Å². The van der Waals surface area contributed by atoms with Crippen molar-refractivity contribution in [3.8, 4) is 0 Å². The van der Waals surface area contributed by atoms with E-state index in [9.17, 15) is 0 Å². The number of hydrogen-bond donors (Lipinski definition) is 1. The lowest BCUT2D eigenvalue weighted by atomic mass is 10.2. The minimum Gasteiger partial charge on any atom is -0.313 e. The number of nitrogens with one attached hydrogen (secondary N) is 1. The zero-order chi connectivity index (χ0) is 8.81. The maximum atomic E-state index is 5.83. The van der Waals surface area contributed by atoms with Crippen LogP contribution in [0.15, 0.2) is 24.3 Å². The van der Waals surface area contributed by atoms with Gasteiger partial charge in [-0.05, 0) is 30.7 Å². The molecule has 0 saturated carbocycles. The minimum atomic E-state index is 0. The fourth-order valence-corrected chi connectivity index (χ4v) is 1.27. The van der Waals surface area contributed by atoms with Gasteiger partial charge in [-0.1, -0.05) is 30.7 Å². The fourth-order valence-electron chi connectivity index (χ4n) is 1.06. The molecule has 0 amide bonds. The van der Waals surface area contributed by atoms with Crippen LogP contribution in [0.25, 0.3) is 0 Å². The van der Waals surface area contributed by atoms with Gasteiger partial charge in [0, 0.05) is 11.6 Å². The van der Waals surface area contributed by atoms with Crippen LogP contribution in [0, 0.1) is 0 Å². The largest absolute Gasteiger partial charge is 0.313 e. The molecular weight excluding hydrogens is 205 g/mol. The van der Waals surface area contributed by atoms with Gasteiger partial charge in [0.15, 0.2) is 0 Å². The van der Waals surface area contributed by atoms with E-state index in [-0.39, 0.29) is 12.4 Å². The molecule has 0 radical (unpaired) electrons. The first-order chi connectivity index (χ1) is 5.83. The SMILES string of the molecule is CCCNCc1cccc(Cl)c1.Cl. The smallest absolute Gasteiger partial charge is 0.0409 e. The first kappa shape index (κ1) is 12.8. The Morgan fingerprint density at radius 1 is 1.38 bits per heavy atom. The molecule has 0 aliphatic heterocycles. The lowest BCUT2D eigenvalue weighted by Gasteiger charge is -2.02. The summed E-state index contributed by atoms with van der Waals surface area (Å²) in [6, 6.07) is 7.94. The molecule has 1 aromatic carbocycles. The van der Waals surface area contributed by atoms with Crippen molar-refractivity contribution in [1.82, 2.24) is 5.32 Å². The summed E-state index contributed by atoms with van der Waals surface area (Å²) >= 11 is 5.83. The van der Waals surface area contributed by atoms with Crippen LogP contribution in [0.1, 0.15) is 18.9 Å². The summed E-state index contributed by atoms with van der Waals surface area (Å²) in [5.74, 6) is 0. The molecular formula is C10H15Cl2N. The van der Waals surface area contributed by atoms with E-state index in [4.69, 9.17) is 11.6 Å². The van der Waals surface area contributed by atoms with E-state index in [1.54, 1.807) is 0 Å². The molecule has 0 atom stereocenters. The third-order valence-electron chi connectivity index (χ3n) is 1.64. The summed E-state index contributed by atoms with van der Waals surface area (Å²) in [5.41, 5.74) is 1.25. The highest BCUT2D eigenvalue weighted by atomic mass is 35.5. The van der Waals surface area contributed by atoms with Gasteiger partial charge >= 0.3 is 0 Å². The van der Waals surface area contributed by atoms with Crippen LogP contribution < -0.4 is 5.32 Å². The summed E-state index contributed by atoms with van der Waals surface area (Å²) in [6.07, 6.45) is 1.17. The molecule has 0 aromatic heterocycles. The summed E-state index contributed by atoms with van der Waals surface area (Å²) in [7, 11) is 0. The fraction of sp³-hybridized carbons (Fsp3) is 0.400. The van der Waals surface area contributed by atoms with Crippen LogP contribution in [0.3, 0.4) is 0 Å². The van der Waals surface area contributed by atoms with Gasteiger partial charge in [0.1, 0.15) is 0 Å². The Balaban J connectivity index is 0.00000144. The van der Waals surface area contributed by atoms with E-state index >= 15 is 0 Å². The molecule has 0 bridgehead atoms. The summed E-state index contributed by atoms with van der Waals surface area (Å²) in [6.45, 7) is 4.13. The summed E-state index contributed by atoms with van der Waals surface area (Å²) < 4.78 is 0. The highest BCUT2D eigenvalue weighted by Gasteiger charge is 1.91. The first-order valence-electron chi connectivity index (χ1n) is 4.28. The lowest BCUT2D eigenvalue weighted by Crippen LogP contribution is -2.13. The Morgan fingerprint density at radius 3 is 2.77 bits per heavy atom. The van der Waals surface area contributed by atoms with Crippen molar-refractivity contribution >= 4 is 24.0 Å². The molecule has 0 fully saturated rings. The van der Waals surface area contributed by atoms with E-state index < -0.39 is 0 Å². The molecule has 74 valence electrons. The molecule has 0 spiro atoms. The zero-order valence-corrected chi connectivity index (χ0v) is 9.29. The number of hydrogen-bond acceptors (Lipinski definition) is 1. The number of halogens is 2. The van der Waals surface area contributed by atoms with Crippen molar-refractivity contribution in [2.45, 2.75) is 19.9 Å². The van der Waals surface area contributed by atoms with Crippen molar-refractivity contribution in [1.29, 1.82) is 0 Å². The van der Waals surface area contributed by atoms with E-state index in [2.05, 4.69) is 18.3 Å². The molecule has 1 aromatic rings. The normalized spacial score (nSPS) is 9.38. The molecule has 3 heteroatoms. The minimum absolute atomic E-state index is 0. The van der Waals surface area contributed by atoms with Crippen LogP contribution in [0.4, 0.5) is 0 Å². The highest BCUT2D eigenvalue weighted by molar-refractivity contribution is 6.30. The molecule has 1 nitrogen and oxygen atoms in total. The molecule has 0 aliphatic carbocycles. The van der Waals surface area contributed by atoms with Gasteiger partial charge in [0.2, 0.25) is 0 Å². The predicted molar refractivity (Wildman–Crippen MR) is 60.7 cm³/mol. The van der Waals surface area contributed by atoms with Crippen LogP contribution >= 0.6 is 24.0 Å². The van der Waals surface area contributed by atoms with E-state index in [0.717, 1.165) is 18.1 Å². The topological polar surface area (TPSA) is 12.0 Å². The maximum Gasteiger partial charge on any atom is 0.0409 e. The molecule has 0 unspecified atom stereocenters. The standard InChI is InChI=1S/C10H14ClN.ClH/c1-2-6-12-8-9-4-3-5-10(11)7-9;/h3-5,7,12H,2,6,8H2,1H3;1H. The second-order valence-electron chi connectivity index (χ2n) is 2.81. The number of rotatable bonds is 4. The van der Waals surface area contributed by atoms with E-state index in [0.29, 0.717) is 0 Å². The Labute approximate surface area is 90.9 Å². The monoisotopic (exact) mass is 219 g/mol. The van der Waals surface area contributed by atoms with Gasteiger partial charge in [0.25, 0.3) is 0 Å². The van der Waals surface area contributed by atoms with E-state index in [1.165, 1.54) is 12.0 Å². The van der Waals surface area contributed by atoms with Gasteiger partial charge in [-0.15, -0.1) is 12.4 Å². The molecule has 1 N–H and O–H groups in total.